The second-order valence-electron chi connectivity index (χ2n) is 5.11. The number of aryl methyl sites for hydroxylation is 1. The minimum atomic E-state index is -1.00. The molecule has 7 heteroatoms. The smallest absolute Gasteiger partial charge is 0.338 e. The number of nitrogens with zero attached hydrogens (tertiary/aromatic N) is 2. The third-order valence-electron chi connectivity index (χ3n) is 2.96. The number of benzene rings is 1. The lowest BCUT2D eigenvalue weighted by Crippen LogP contribution is -2.15. The third-order valence-corrected chi connectivity index (χ3v) is 2.96. The van der Waals surface area contributed by atoms with Crippen molar-refractivity contribution in [1.29, 1.82) is 0 Å². The molecule has 23 heavy (non-hydrogen) atoms. The van der Waals surface area contributed by atoms with Crippen molar-refractivity contribution < 1.29 is 23.4 Å². The van der Waals surface area contributed by atoms with Gasteiger partial charge in [0.25, 0.3) is 0 Å². The van der Waals surface area contributed by atoms with E-state index in [-0.39, 0.29) is 24.0 Å². The SMILES string of the molecule is CC(C)OC(=O)c1cccc(OCF)c1COc1ccn(C)n1. The van der Waals surface area contributed by atoms with Gasteiger partial charge in [0, 0.05) is 24.9 Å². The number of halogens is 1. The molecule has 0 aliphatic carbocycles. The Morgan fingerprint density at radius 3 is 2.70 bits per heavy atom. The van der Waals surface area contributed by atoms with Crippen LogP contribution in [-0.2, 0) is 18.4 Å². The van der Waals surface area contributed by atoms with E-state index >= 15 is 0 Å². The lowest BCUT2D eigenvalue weighted by molar-refractivity contribution is 0.0373. The highest BCUT2D eigenvalue weighted by molar-refractivity contribution is 5.92. The zero-order valence-electron chi connectivity index (χ0n) is 13.3. The first-order valence-corrected chi connectivity index (χ1v) is 7.15. The van der Waals surface area contributed by atoms with Crippen LogP contribution in [-0.4, -0.2) is 28.7 Å². The molecule has 0 aliphatic rings. The van der Waals surface area contributed by atoms with Crippen LogP contribution in [0.25, 0.3) is 0 Å². The van der Waals surface area contributed by atoms with E-state index in [4.69, 9.17) is 14.2 Å². The number of ether oxygens (including phenoxy) is 3. The second kappa shape index (κ2) is 7.62. The zero-order chi connectivity index (χ0) is 16.8. The van der Waals surface area contributed by atoms with Gasteiger partial charge in [-0.3, -0.25) is 4.68 Å². The lowest BCUT2D eigenvalue weighted by Gasteiger charge is -2.15. The first-order chi connectivity index (χ1) is 11.0. The van der Waals surface area contributed by atoms with Crippen LogP contribution in [0.5, 0.6) is 11.6 Å². The molecule has 2 rings (SSSR count). The largest absolute Gasteiger partial charge is 0.472 e. The Morgan fingerprint density at radius 2 is 2.09 bits per heavy atom. The number of hydrogen-bond donors (Lipinski definition) is 0. The molecule has 1 aromatic heterocycles. The van der Waals surface area contributed by atoms with E-state index in [0.717, 1.165) is 0 Å². The maximum absolute atomic E-state index is 12.6. The van der Waals surface area contributed by atoms with Crippen molar-refractivity contribution in [1.82, 2.24) is 9.78 Å². The highest BCUT2D eigenvalue weighted by Gasteiger charge is 2.19. The van der Waals surface area contributed by atoms with Gasteiger partial charge in [-0.25, -0.2) is 9.18 Å². The van der Waals surface area contributed by atoms with E-state index < -0.39 is 12.8 Å². The molecule has 6 nitrogen and oxygen atoms in total. The van der Waals surface area contributed by atoms with Crippen molar-refractivity contribution in [3.63, 3.8) is 0 Å². The first kappa shape index (κ1) is 16.8. The molecule has 1 heterocycles. The number of aromatic nitrogens is 2. The van der Waals surface area contributed by atoms with E-state index in [1.54, 1.807) is 56.0 Å². The van der Waals surface area contributed by atoms with Crippen LogP contribution in [0.15, 0.2) is 30.5 Å². The number of esters is 1. The van der Waals surface area contributed by atoms with Gasteiger partial charge >= 0.3 is 5.97 Å². The fourth-order valence-corrected chi connectivity index (χ4v) is 1.99. The molecule has 0 saturated carbocycles. The monoisotopic (exact) mass is 322 g/mol. The Kier molecular flexibility index (Phi) is 5.56. The number of carbonyl (C=O) groups excluding carboxylic acids is 1. The van der Waals surface area contributed by atoms with Crippen LogP contribution in [0.2, 0.25) is 0 Å². The summed E-state index contributed by atoms with van der Waals surface area (Å²) in [6.45, 7) is 2.52. The van der Waals surface area contributed by atoms with Crippen molar-refractivity contribution in [2.45, 2.75) is 26.6 Å². The molecular formula is C16H19FN2O4. The van der Waals surface area contributed by atoms with Crippen LogP contribution in [0.1, 0.15) is 29.8 Å². The predicted molar refractivity (Wildman–Crippen MR) is 81.1 cm³/mol. The summed E-state index contributed by atoms with van der Waals surface area (Å²) in [5, 5.41) is 4.09. The lowest BCUT2D eigenvalue weighted by atomic mass is 10.1. The van der Waals surface area contributed by atoms with Crippen molar-refractivity contribution >= 4 is 5.97 Å². The second-order valence-corrected chi connectivity index (χ2v) is 5.11. The average Bonchev–Trinajstić information content (AvgIpc) is 2.91. The highest BCUT2D eigenvalue weighted by Crippen LogP contribution is 2.25. The Balaban J connectivity index is 2.26. The standard InChI is InChI=1S/C16H19FN2O4/c1-11(2)23-16(20)12-5-4-6-14(22-10-17)13(12)9-21-15-7-8-19(3)18-15/h4-8,11H,9-10H2,1-3H3. The average molecular weight is 322 g/mol. The van der Waals surface area contributed by atoms with Crippen LogP contribution in [0, 0.1) is 0 Å². The summed E-state index contributed by atoms with van der Waals surface area (Å²) in [7, 11) is 1.76. The normalized spacial score (nSPS) is 10.7. The third kappa shape index (κ3) is 4.45. The molecule has 0 spiro atoms. The molecule has 0 atom stereocenters. The zero-order valence-corrected chi connectivity index (χ0v) is 13.3. The van der Waals surface area contributed by atoms with Gasteiger partial charge in [0.1, 0.15) is 12.4 Å². The Morgan fingerprint density at radius 1 is 1.30 bits per heavy atom. The minimum Gasteiger partial charge on any atom is -0.472 e. The number of hydrogen-bond acceptors (Lipinski definition) is 5. The van der Waals surface area contributed by atoms with E-state index in [0.29, 0.717) is 11.4 Å². The Hall–Kier alpha value is -2.57. The van der Waals surface area contributed by atoms with E-state index in [1.165, 1.54) is 0 Å². The maximum atomic E-state index is 12.6. The van der Waals surface area contributed by atoms with Gasteiger partial charge in [-0.2, -0.15) is 0 Å². The summed E-state index contributed by atoms with van der Waals surface area (Å²) in [4.78, 5) is 12.2. The fourth-order valence-electron chi connectivity index (χ4n) is 1.99. The summed E-state index contributed by atoms with van der Waals surface area (Å²) < 4.78 is 29.9. The van der Waals surface area contributed by atoms with Crippen molar-refractivity contribution in [2.75, 3.05) is 6.86 Å². The first-order valence-electron chi connectivity index (χ1n) is 7.15. The summed E-state index contributed by atoms with van der Waals surface area (Å²) in [5.74, 6) is 0.122. The molecule has 0 fully saturated rings. The summed E-state index contributed by atoms with van der Waals surface area (Å²) >= 11 is 0. The van der Waals surface area contributed by atoms with Crippen molar-refractivity contribution in [3.05, 3.63) is 41.6 Å². The van der Waals surface area contributed by atoms with E-state index in [1.807, 2.05) is 0 Å². The maximum Gasteiger partial charge on any atom is 0.338 e. The molecule has 2 aromatic rings. The van der Waals surface area contributed by atoms with Gasteiger partial charge in [-0.05, 0) is 26.0 Å². The molecule has 0 unspecified atom stereocenters. The highest BCUT2D eigenvalue weighted by atomic mass is 19.1. The predicted octanol–water partition coefficient (Wildman–Crippen LogP) is 2.87. The van der Waals surface area contributed by atoms with Crippen LogP contribution >= 0.6 is 0 Å². The number of rotatable bonds is 7. The topological polar surface area (TPSA) is 62.6 Å². The Bertz CT molecular complexity index is 670. The molecule has 0 amide bonds. The molecular weight excluding hydrogens is 303 g/mol. The van der Waals surface area contributed by atoms with Crippen LogP contribution in [0.3, 0.4) is 0 Å². The van der Waals surface area contributed by atoms with Gasteiger partial charge < -0.3 is 14.2 Å². The summed E-state index contributed by atoms with van der Waals surface area (Å²) in [5.41, 5.74) is 0.696. The van der Waals surface area contributed by atoms with Gasteiger partial charge in [0.15, 0.2) is 0 Å². The Labute approximate surface area is 133 Å². The summed E-state index contributed by atoms with van der Waals surface area (Å²) in [6.07, 6.45) is 1.46. The fraction of sp³-hybridized carbons (Fsp3) is 0.375. The van der Waals surface area contributed by atoms with Gasteiger partial charge in [-0.1, -0.05) is 6.07 Å². The van der Waals surface area contributed by atoms with Gasteiger partial charge in [-0.15, -0.1) is 5.10 Å². The van der Waals surface area contributed by atoms with E-state index in [2.05, 4.69) is 5.10 Å². The molecule has 0 saturated heterocycles. The molecule has 124 valence electrons. The molecule has 0 aliphatic heterocycles. The molecule has 0 radical (unpaired) electrons. The van der Waals surface area contributed by atoms with Crippen molar-refractivity contribution in [3.8, 4) is 11.6 Å². The quantitative estimate of drug-likeness (QED) is 0.734. The van der Waals surface area contributed by atoms with Gasteiger partial charge in [0.2, 0.25) is 12.7 Å². The van der Waals surface area contributed by atoms with Crippen molar-refractivity contribution in [2.24, 2.45) is 7.05 Å². The van der Waals surface area contributed by atoms with Crippen LogP contribution < -0.4 is 9.47 Å². The van der Waals surface area contributed by atoms with E-state index in [9.17, 15) is 9.18 Å². The molecule has 0 N–H and O–H groups in total. The molecule has 1 aromatic carbocycles. The van der Waals surface area contributed by atoms with Crippen LogP contribution in [0.4, 0.5) is 4.39 Å². The number of carbonyl (C=O) groups is 1. The summed E-state index contributed by atoms with van der Waals surface area (Å²) in [6, 6.07) is 6.45. The van der Waals surface area contributed by atoms with Gasteiger partial charge in [0.05, 0.1) is 11.7 Å². The number of alkyl halides is 1. The molecule has 0 bridgehead atoms. The minimum absolute atomic E-state index is 0.00964.